The highest BCUT2D eigenvalue weighted by atomic mass is 19.3. The maximum Gasteiger partial charge on any atom is 0.326 e. The van der Waals surface area contributed by atoms with Crippen LogP contribution < -0.4 is 0 Å². The zero-order valence-electron chi connectivity index (χ0n) is 2.94. The zero-order chi connectivity index (χ0) is 6.28. The van der Waals surface area contributed by atoms with Crippen LogP contribution in [0.25, 0.3) is 0 Å². The Kier molecular flexibility index (Phi) is 12.0. The van der Waals surface area contributed by atoms with Crippen LogP contribution in [0.1, 0.15) is 0 Å². The fourth-order valence-corrected chi connectivity index (χ4v) is 0. The van der Waals surface area contributed by atoms with Gasteiger partial charge in [-0.15, -0.1) is 15.2 Å². The summed E-state index contributed by atoms with van der Waals surface area (Å²) in [6.07, 6.45) is 0. The molecular weight excluding hydrogens is 113 g/mol. The molecule has 0 saturated heterocycles. The Morgan fingerprint density at radius 2 is 1.86 bits per heavy atom. The van der Waals surface area contributed by atoms with E-state index in [0.29, 0.717) is 0 Å². The Hall–Kier alpha value is -0.950. The molecule has 7 heavy (non-hydrogen) atoms. The molecule has 0 amide bonds. The minimum Gasteiger partial charge on any atom is -0.255 e. The third kappa shape index (κ3) is 42.6. The molecule has 0 aliphatic rings. The van der Waals surface area contributed by atoms with Crippen molar-refractivity contribution in [3.8, 4) is 0 Å². The normalized spacial score (nSPS) is 5.57. The van der Waals surface area contributed by atoms with Crippen molar-refractivity contribution in [1.82, 2.24) is 0 Å². The largest absolute Gasteiger partial charge is 0.326 e. The highest BCUT2D eigenvalue weighted by molar-refractivity contribution is 3.84. The van der Waals surface area contributed by atoms with Crippen LogP contribution >= 0.6 is 0 Å². The summed E-state index contributed by atoms with van der Waals surface area (Å²) in [7, 11) is 0. The molecule has 7 heteroatoms. The van der Waals surface area contributed by atoms with E-state index in [1.54, 1.807) is 0 Å². The first kappa shape index (κ1) is 9.41. The molecule has 0 bridgehead atoms. The first-order valence-corrected chi connectivity index (χ1v) is 0.902. The van der Waals surface area contributed by atoms with Gasteiger partial charge in [-0.1, -0.05) is 0 Å². The molecule has 0 heterocycles. The van der Waals surface area contributed by atoms with Crippen molar-refractivity contribution in [2.75, 3.05) is 0 Å². The van der Waals surface area contributed by atoms with Crippen LogP contribution in [0.5, 0.6) is 0 Å². The molecule has 0 saturated carbocycles. The minimum atomic E-state index is -1.54. The molecular formula is H2FNO5. The van der Waals surface area contributed by atoms with E-state index in [2.05, 4.69) is 0 Å². The average molecular weight is 115 g/mol. The minimum absolute atomic E-state index is 1.54. The van der Waals surface area contributed by atoms with Gasteiger partial charge in [0.15, 0.2) is 0 Å². The average Bonchev–Trinajstić information content (AvgIpc) is 1.73. The highest BCUT2D eigenvalue weighted by Gasteiger charge is 1.83. The SMILES string of the molecule is O=[N+]([O-])OF.OO. The van der Waals surface area contributed by atoms with Gasteiger partial charge in [0, 0.05) is 0 Å². The quantitative estimate of drug-likeness (QED) is 0.287. The van der Waals surface area contributed by atoms with Crippen molar-refractivity contribution in [2.45, 2.75) is 0 Å². The van der Waals surface area contributed by atoms with Crippen molar-refractivity contribution in [1.29, 1.82) is 0 Å². The molecule has 0 radical (unpaired) electrons. The molecule has 44 valence electrons. The highest BCUT2D eigenvalue weighted by Crippen LogP contribution is 1.66. The second-order valence-electron chi connectivity index (χ2n) is 0.293. The Balaban J connectivity index is 0. The van der Waals surface area contributed by atoms with Gasteiger partial charge < -0.3 is 0 Å². The van der Waals surface area contributed by atoms with Gasteiger partial charge in [0.1, 0.15) is 0 Å². The fourth-order valence-electron chi connectivity index (χ4n) is 0. The maximum atomic E-state index is 9.92. The predicted octanol–water partition coefficient (Wildman–Crippen LogP) is 0.0966. The molecule has 0 fully saturated rings. The van der Waals surface area contributed by atoms with Gasteiger partial charge in [0.25, 0.3) is 0 Å². The van der Waals surface area contributed by atoms with Crippen LogP contribution in [-0.4, -0.2) is 15.6 Å². The third-order valence-corrected chi connectivity index (χ3v) is 0.0563. The summed E-state index contributed by atoms with van der Waals surface area (Å²) in [5.41, 5.74) is 0. The van der Waals surface area contributed by atoms with E-state index in [9.17, 15) is 4.53 Å². The van der Waals surface area contributed by atoms with E-state index in [1.807, 2.05) is 5.04 Å². The summed E-state index contributed by atoms with van der Waals surface area (Å²) < 4.78 is 9.92. The van der Waals surface area contributed by atoms with Crippen LogP contribution in [0.2, 0.25) is 0 Å². The lowest BCUT2D eigenvalue weighted by molar-refractivity contribution is -0.819. The van der Waals surface area contributed by atoms with E-state index in [0.717, 1.165) is 0 Å². The summed E-state index contributed by atoms with van der Waals surface area (Å²) in [6.45, 7) is 0. The number of hydrogen-bond acceptors (Lipinski definition) is 5. The second kappa shape index (κ2) is 8.90. The Bertz CT molecular complexity index is 43.3. The van der Waals surface area contributed by atoms with Crippen molar-refractivity contribution in [3.05, 3.63) is 10.1 Å². The standard InChI is InChI=1S/FNO3.H2O2/c1-5-2(3)4;1-2/h;1-2H. The molecule has 0 aliphatic heterocycles. The lowest BCUT2D eigenvalue weighted by Gasteiger charge is -1.67. The summed E-state index contributed by atoms with van der Waals surface area (Å²) >= 11 is 0. The van der Waals surface area contributed by atoms with Crippen LogP contribution in [0, 0.1) is 10.1 Å². The van der Waals surface area contributed by atoms with E-state index < -0.39 is 5.09 Å². The molecule has 0 aromatic heterocycles. The van der Waals surface area contributed by atoms with Crippen molar-refractivity contribution in [3.63, 3.8) is 0 Å². The molecule has 0 unspecified atom stereocenters. The predicted molar refractivity (Wildman–Crippen MR) is 14.4 cm³/mol. The fraction of sp³-hybridized carbons (Fsp3) is 0. The molecule has 0 atom stereocenters. The van der Waals surface area contributed by atoms with Gasteiger partial charge in [0.05, 0.1) is 0 Å². The van der Waals surface area contributed by atoms with Gasteiger partial charge >= 0.3 is 5.09 Å². The monoisotopic (exact) mass is 115 g/mol. The van der Waals surface area contributed by atoms with E-state index in [-0.39, 0.29) is 0 Å². The Morgan fingerprint density at radius 1 is 1.71 bits per heavy atom. The molecule has 0 aliphatic carbocycles. The van der Waals surface area contributed by atoms with Gasteiger partial charge in [-0.05, 0) is 4.53 Å². The van der Waals surface area contributed by atoms with Gasteiger partial charge in [-0.3, -0.25) is 10.5 Å². The van der Waals surface area contributed by atoms with Crippen LogP contribution in [0.4, 0.5) is 4.53 Å². The first-order valence-electron chi connectivity index (χ1n) is 0.902. The van der Waals surface area contributed by atoms with Gasteiger partial charge in [0.2, 0.25) is 0 Å². The number of halogens is 1. The molecule has 2 N–H and O–H groups in total. The molecule has 0 spiro atoms. The van der Waals surface area contributed by atoms with E-state index in [4.69, 9.17) is 20.6 Å². The molecule has 0 rings (SSSR count). The maximum absolute atomic E-state index is 9.92. The summed E-state index contributed by atoms with van der Waals surface area (Å²) in [5, 5.41) is 21.0. The Morgan fingerprint density at radius 3 is 1.86 bits per heavy atom. The van der Waals surface area contributed by atoms with Gasteiger partial charge in [-0.25, -0.2) is 0 Å². The Labute approximate surface area is 36.7 Å². The molecule has 0 aromatic rings. The van der Waals surface area contributed by atoms with Crippen molar-refractivity contribution in [2.24, 2.45) is 0 Å². The molecule has 0 aromatic carbocycles. The van der Waals surface area contributed by atoms with E-state index >= 15 is 0 Å². The van der Waals surface area contributed by atoms with Crippen LogP contribution in [0.3, 0.4) is 0 Å². The lowest BCUT2D eigenvalue weighted by atomic mass is 13.1. The molecule has 6 nitrogen and oxygen atoms in total. The van der Waals surface area contributed by atoms with Crippen molar-refractivity contribution < 1.29 is 25.2 Å². The second-order valence-corrected chi connectivity index (χ2v) is 0.293. The lowest BCUT2D eigenvalue weighted by Crippen LogP contribution is -1.86. The smallest absolute Gasteiger partial charge is 0.255 e. The van der Waals surface area contributed by atoms with Gasteiger partial charge in [-0.2, -0.15) is 0 Å². The number of hydrogen-bond donors (Lipinski definition) is 2. The third-order valence-electron chi connectivity index (χ3n) is 0.0563. The van der Waals surface area contributed by atoms with Crippen LogP contribution in [-0.2, 0) is 5.04 Å². The van der Waals surface area contributed by atoms with Crippen molar-refractivity contribution >= 4 is 0 Å². The number of nitrogens with zero attached hydrogens (tertiary/aromatic N) is 1. The summed E-state index contributed by atoms with van der Waals surface area (Å²) in [4.78, 5) is 8.58. The topological polar surface area (TPSA) is 92.8 Å². The summed E-state index contributed by atoms with van der Waals surface area (Å²) in [6, 6.07) is 0. The van der Waals surface area contributed by atoms with Crippen LogP contribution in [0.15, 0.2) is 0 Å². The zero-order valence-corrected chi connectivity index (χ0v) is 2.94. The van der Waals surface area contributed by atoms with E-state index in [1.165, 1.54) is 0 Å². The summed E-state index contributed by atoms with van der Waals surface area (Å²) in [5.74, 6) is 0. The number of rotatable bonds is 1. The first-order chi connectivity index (χ1) is 3.27.